The molecule has 0 aliphatic carbocycles. The lowest BCUT2D eigenvalue weighted by atomic mass is 10.3. The maximum absolute atomic E-state index is 12.4. The van der Waals surface area contributed by atoms with Crippen LogP contribution in [0, 0.1) is 0 Å². The maximum Gasteiger partial charge on any atom is 0.454 e. The summed E-state index contributed by atoms with van der Waals surface area (Å²) in [5.41, 5.74) is 0. The van der Waals surface area contributed by atoms with E-state index in [4.69, 9.17) is 0 Å². The van der Waals surface area contributed by atoms with Gasteiger partial charge in [0.15, 0.2) is 0 Å². The Morgan fingerprint density at radius 3 is 1.64 bits per heavy atom. The molecule has 2 nitrogen and oxygen atoms in total. The second kappa shape index (κ2) is 4.30. The van der Waals surface area contributed by atoms with E-state index >= 15 is 0 Å². The topological polar surface area (TPSA) is 18.5 Å². The third-order valence-electron chi connectivity index (χ3n) is 1.12. The highest BCUT2D eigenvalue weighted by atomic mass is 19.4. The van der Waals surface area contributed by atoms with Gasteiger partial charge in [-0.2, -0.15) is 22.0 Å². The molecule has 0 amide bonds. The van der Waals surface area contributed by atoms with Crippen molar-refractivity contribution in [3.8, 4) is 0 Å². The predicted octanol–water partition coefficient (Wildman–Crippen LogP) is 2.40. The summed E-state index contributed by atoms with van der Waals surface area (Å²) in [6, 6.07) is 0. The molecule has 0 N–H and O–H groups in total. The summed E-state index contributed by atoms with van der Waals surface area (Å²) < 4.78 is 88.9. The first-order chi connectivity index (χ1) is 6.15. The Morgan fingerprint density at radius 1 is 1.00 bits per heavy atom. The van der Waals surface area contributed by atoms with Gasteiger partial charge in [0.05, 0.1) is 0 Å². The summed E-state index contributed by atoms with van der Waals surface area (Å²) >= 11 is 0. The molecule has 0 aromatic carbocycles. The highest BCUT2D eigenvalue weighted by Gasteiger charge is 2.66. The van der Waals surface area contributed by atoms with Crippen molar-refractivity contribution in [3.05, 3.63) is 0 Å². The summed E-state index contributed by atoms with van der Waals surface area (Å²) in [7, 11) is 0.521. The van der Waals surface area contributed by atoms with Crippen LogP contribution in [0.4, 0.5) is 30.7 Å². The molecule has 0 heterocycles. The van der Waals surface area contributed by atoms with Crippen molar-refractivity contribution in [2.45, 2.75) is 25.0 Å². The Hall–Kier alpha value is -0.570. The van der Waals surface area contributed by atoms with Gasteiger partial charge in [0.1, 0.15) is 0 Å². The Balaban J connectivity index is 4.74. The van der Waals surface area contributed by atoms with Gasteiger partial charge in [0.25, 0.3) is 0 Å². The van der Waals surface area contributed by atoms with E-state index in [1.54, 1.807) is 0 Å². The van der Waals surface area contributed by atoms with Gasteiger partial charge in [-0.25, -0.2) is 8.78 Å². The third kappa shape index (κ3) is 2.71. The lowest BCUT2D eigenvalue weighted by molar-refractivity contribution is -0.418. The number of rotatable bonds is 4. The van der Waals surface area contributed by atoms with E-state index in [2.05, 4.69) is 9.47 Å². The average Bonchev–Trinajstić information content (AvgIpc) is 2.01. The minimum absolute atomic E-state index is 0.521. The van der Waals surface area contributed by atoms with E-state index in [1.807, 2.05) is 0 Å². The highest BCUT2D eigenvalue weighted by Crippen LogP contribution is 2.40. The first kappa shape index (κ1) is 13.4. The van der Waals surface area contributed by atoms with Gasteiger partial charge in [-0.05, 0) is 0 Å². The molecule has 2 unspecified atom stereocenters. The molecule has 0 saturated carbocycles. The SMILES string of the molecule is COC(F)OC(F)(C(F)F)C(F)(F)F. The van der Waals surface area contributed by atoms with Crippen molar-refractivity contribution >= 4 is 0 Å². The zero-order valence-electron chi connectivity index (χ0n) is 6.62. The normalized spacial score (nSPS) is 19.5. The molecule has 2 atom stereocenters. The Labute approximate surface area is 73.6 Å². The molecule has 86 valence electrons. The summed E-state index contributed by atoms with van der Waals surface area (Å²) in [4.78, 5) is 0. The summed E-state index contributed by atoms with van der Waals surface area (Å²) in [6.45, 7) is -3.23. The zero-order chi connectivity index (χ0) is 11.6. The quantitative estimate of drug-likeness (QED) is 0.545. The van der Waals surface area contributed by atoms with E-state index in [-0.39, 0.29) is 0 Å². The monoisotopic (exact) mass is 230 g/mol. The van der Waals surface area contributed by atoms with Crippen LogP contribution >= 0.6 is 0 Å². The van der Waals surface area contributed by atoms with E-state index < -0.39 is 25.0 Å². The first-order valence-corrected chi connectivity index (χ1v) is 3.03. The van der Waals surface area contributed by atoms with Crippen LogP contribution in [0.5, 0.6) is 0 Å². The Bertz CT molecular complexity index is 181. The van der Waals surface area contributed by atoms with Crippen molar-refractivity contribution < 1.29 is 40.2 Å². The van der Waals surface area contributed by atoms with E-state index in [9.17, 15) is 30.7 Å². The highest BCUT2D eigenvalue weighted by molar-refractivity contribution is 4.80. The zero-order valence-corrected chi connectivity index (χ0v) is 6.62. The molecule has 14 heavy (non-hydrogen) atoms. The summed E-state index contributed by atoms with van der Waals surface area (Å²) in [6.07, 6.45) is -10.6. The van der Waals surface area contributed by atoms with Crippen LogP contribution in [0.15, 0.2) is 0 Å². The first-order valence-electron chi connectivity index (χ1n) is 3.03. The average molecular weight is 230 g/mol. The van der Waals surface area contributed by atoms with E-state index in [1.165, 1.54) is 0 Å². The van der Waals surface area contributed by atoms with Gasteiger partial charge in [-0.1, -0.05) is 0 Å². The Kier molecular flexibility index (Phi) is 4.13. The van der Waals surface area contributed by atoms with E-state index in [0.717, 1.165) is 0 Å². The van der Waals surface area contributed by atoms with Crippen LogP contribution in [-0.4, -0.2) is 32.1 Å². The van der Waals surface area contributed by atoms with Gasteiger partial charge in [-0.3, -0.25) is 4.74 Å². The fraction of sp³-hybridized carbons (Fsp3) is 1.00. The number of ether oxygens (including phenoxy) is 2. The van der Waals surface area contributed by atoms with Crippen LogP contribution < -0.4 is 0 Å². The smallest absolute Gasteiger partial charge is 0.330 e. The molecule has 0 spiro atoms. The largest absolute Gasteiger partial charge is 0.454 e. The third-order valence-corrected chi connectivity index (χ3v) is 1.12. The lowest BCUT2D eigenvalue weighted by Crippen LogP contribution is -2.51. The van der Waals surface area contributed by atoms with Crippen molar-refractivity contribution in [3.63, 3.8) is 0 Å². The van der Waals surface area contributed by atoms with Gasteiger partial charge in [-0.15, -0.1) is 0 Å². The second-order valence-electron chi connectivity index (χ2n) is 2.07. The number of hydrogen-bond donors (Lipinski definition) is 0. The summed E-state index contributed by atoms with van der Waals surface area (Å²) in [5, 5.41) is 0. The molecular weight excluding hydrogens is 225 g/mol. The van der Waals surface area contributed by atoms with Gasteiger partial charge in [0, 0.05) is 7.11 Å². The van der Waals surface area contributed by atoms with Crippen molar-refractivity contribution in [1.29, 1.82) is 0 Å². The molecule has 0 saturated heterocycles. The van der Waals surface area contributed by atoms with Gasteiger partial charge >= 0.3 is 25.0 Å². The number of halogens is 7. The van der Waals surface area contributed by atoms with Crippen LogP contribution in [0.2, 0.25) is 0 Å². The van der Waals surface area contributed by atoms with Crippen molar-refractivity contribution in [2.24, 2.45) is 0 Å². The molecule has 0 aliphatic rings. The van der Waals surface area contributed by atoms with Crippen LogP contribution in [0.25, 0.3) is 0 Å². The molecule has 0 aromatic heterocycles. The number of alkyl halides is 7. The molecule has 0 radical (unpaired) electrons. The molecule has 9 heteroatoms. The van der Waals surface area contributed by atoms with Crippen LogP contribution in [0.1, 0.15) is 0 Å². The predicted molar refractivity (Wildman–Crippen MR) is 28.9 cm³/mol. The molecular formula is C5H5F7O2. The van der Waals surface area contributed by atoms with Gasteiger partial charge in [0.2, 0.25) is 0 Å². The number of hydrogen-bond acceptors (Lipinski definition) is 2. The fourth-order valence-electron chi connectivity index (χ4n) is 0.425. The van der Waals surface area contributed by atoms with Crippen LogP contribution in [-0.2, 0) is 9.47 Å². The fourth-order valence-corrected chi connectivity index (χ4v) is 0.425. The molecule has 0 aromatic rings. The molecule has 0 aliphatic heterocycles. The van der Waals surface area contributed by atoms with Crippen molar-refractivity contribution in [2.75, 3.05) is 7.11 Å². The minimum atomic E-state index is -6.05. The van der Waals surface area contributed by atoms with Crippen LogP contribution in [0.3, 0.4) is 0 Å². The molecule has 0 fully saturated rings. The molecule has 0 bridgehead atoms. The van der Waals surface area contributed by atoms with Gasteiger partial charge < -0.3 is 4.74 Å². The second-order valence-corrected chi connectivity index (χ2v) is 2.07. The summed E-state index contributed by atoms with van der Waals surface area (Å²) in [5.74, 6) is -5.37. The van der Waals surface area contributed by atoms with E-state index in [0.29, 0.717) is 7.11 Å². The minimum Gasteiger partial charge on any atom is -0.330 e. The number of methoxy groups -OCH3 is 1. The standard InChI is InChI=1S/C5H5F7O2/c1-13-3(8)14-4(9,2(6)7)5(10,11)12/h2-3H,1H3. The van der Waals surface area contributed by atoms with Crippen molar-refractivity contribution in [1.82, 2.24) is 0 Å². The molecule has 0 rings (SSSR count). The maximum atomic E-state index is 12.4. The Morgan fingerprint density at radius 2 is 1.43 bits per heavy atom. The lowest BCUT2D eigenvalue weighted by Gasteiger charge is -2.27.